The third kappa shape index (κ3) is 5.02. The standard InChI is InChI=1S/C21H26N2O5S2/c1-13-5-10-16-17(12-13)29-21(19(16)20(22)25)23-18(24)4-3-11-30(26,27)15-8-6-14(28-2)7-9-15/h6-9,13H,3-5,10-12H2,1-2H3,(H2,22,25)(H,23,24)/t13-/m1/s1. The lowest BCUT2D eigenvalue weighted by molar-refractivity contribution is -0.116. The first-order valence-electron chi connectivity index (χ1n) is 9.82. The molecule has 7 nitrogen and oxygen atoms in total. The van der Waals surface area contributed by atoms with Gasteiger partial charge in [-0.05, 0) is 61.4 Å². The number of hydrogen-bond acceptors (Lipinski definition) is 6. The fraction of sp³-hybridized carbons (Fsp3) is 0.429. The highest BCUT2D eigenvalue weighted by Crippen LogP contribution is 2.39. The monoisotopic (exact) mass is 450 g/mol. The molecule has 0 saturated carbocycles. The second kappa shape index (κ2) is 9.18. The van der Waals surface area contributed by atoms with E-state index in [1.165, 1.54) is 30.6 Å². The Morgan fingerprint density at radius 3 is 2.60 bits per heavy atom. The Morgan fingerprint density at radius 1 is 1.27 bits per heavy atom. The summed E-state index contributed by atoms with van der Waals surface area (Å²) in [5.41, 5.74) is 6.91. The zero-order valence-electron chi connectivity index (χ0n) is 17.1. The fourth-order valence-electron chi connectivity index (χ4n) is 3.61. The molecule has 3 N–H and O–H groups in total. The van der Waals surface area contributed by atoms with Crippen molar-refractivity contribution in [2.24, 2.45) is 11.7 Å². The quantitative estimate of drug-likeness (QED) is 0.641. The predicted molar refractivity (Wildman–Crippen MR) is 117 cm³/mol. The number of hydrogen-bond donors (Lipinski definition) is 2. The van der Waals surface area contributed by atoms with Crippen LogP contribution in [0, 0.1) is 5.92 Å². The molecule has 1 aromatic carbocycles. The summed E-state index contributed by atoms with van der Waals surface area (Å²) in [5.74, 6) is 0.0946. The molecule has 1 aromatic heterocycles. The molecule has 9 heteroatoms. The van der Waals surface area contributed by atoms with E-state index in [1.54, 1.807) is 12.1 Å². The van der Waals surface area contributed by atoms with Crippen LogP contribution in [0.1, 0.15) is 47.0 Å². The molecule has 0 saturated heterocycles. The molecule has 0 fully saturated rings. The van der Waals surface area contributed by atoms with Crippen LogP contribution in [0.2, 0.25) is 0 Å². The molecule has 30 heavy (non-hydrogen) atoms. The molecule has 0 aliphatic heterocycles. The van der Waals surface area contributed by atoms with Crippen LogP contribution in [-0.2, 0) is 27.5 Å². The van der Waals surface area contributed by atoms with Crippen molar-refractivity contribution in [3.05, 3.63) is 40.3 Å². The molecular weight excluding hydrogens is 424 g/mol. The van der Waals surface area contributed by atoms with Gasteiger partial charge in [-0.25, -0.2) is 8.42 Å². The van der Waals surface area contributed by atoms with Crippen molar-refractivity contribution in [3.63, 3.8) is 0 Å². The predicted octanol–water partition coefficient (Wildman–Crippen LogP) is 3.17. The third-order valence-corrected chi connectivity index (χ3v) is 8.23. The summed E-state index contributed by atoms with van der Waals surface area (Å²) in [4.78, 5) is 25.6. The van der Waals surface area contributed by atoms with Gasteiger partial charge in [0.15, 0.2) is 9.84 Å². The Balaban J connectivity index is 1.61. The average molecular weight is 451 g/mol. The minimum absolute atomic E-state index is 0.0343. The van der Waals surface area contributed by atoms with E-state index >= 15 is 0 Å². The van der Waals surface area contributed by atoms with Crippen molar-refractivity contribution in [2.75, 3.05) is 18.2 Å². The number of carbonyl (C=O) groups is 2. The van der Waals surface area contributed by atoms with E-state index < -0.39 is 15.7 Å². The summed E-state index contributed by atoms with van der Waals surface area (Å²) < 4.78 is 29.9. The number of fused-ring (bicyclic) bond motifs is 1. The average Bonchev–Trinajstić information content (AvgIpc) is 3.04. The lowest BCUT2D eigenvalue weighted by Gasteiger charge is -2.18. The molecule has 0 bridgehead atoms. The Bertz CT molecular complexity index is 1040. The van der Waals surface area contributed by atoms with Crippen LogP contribution in [0.15, 0.2) is 29.2 Å². The van der Waals surface area contributed by atoms with Crippen LogP contribution < -0.4 is 15.8 Å². The topological polar surface area (TPSA) is 116 Å². The van der Waals surface area contributed by atoms with E-state index in [0.29, 0.717) is 22.2 Å². The van der Waals surface area contributed by atoms with Crippen LogP contribution in [0.5, 0.6) is 5.75 Å². The van der Waals surface area contributed by atoms with Gasteiger partial charge in [0, 0.05) is 11.3 Å². The second-order valence-electron chi connectivity index (χ2n) is 7.57. The lowest BCUT2D eigenvalue weighted by atomic mass is 9.88. The molecular formula is C21H26N2O5S2. The first kappa shape index (κ1) is 22.3. The maximum Gasteiger partial charge on any atom is 0.251 e. The number of methoxy groups -OCH3 is 1. The van der Waals surface area contributed by atoms with Crippen LogP contribution >= 0.6 is 11.3 Å². The first-order chi connectivity index (χ1) is 14.2. The molecule has 162 valence electrons. The van der Waals surface area contributed by atoms with Crippen molar-refractivity contribution >= 4 is 38.0 Å². The van der Waals surface area contributed by atoms with Gasteiger partial charge in [0.2, 0.25) is 5.91 Å². The fourth-order valence-corrected chi connectivity index (χ4v) is 6.36. The molecule has 1 atom stereocenters. The van der Waals surface area contributed by atoms with E-state index in [2.05, 4.69) is 12.2 Å². The summed E-state index contributed by atoms with van der Waals surface area (Å²) in [6.07, 6.45) is 2.85. The molecule has 0 spiro atoms. The maximum atomic E-state index is 12.4. The van der Waals surface area contributed by atoms with E-state index in [4.69, 9.17) is 10.5 Å². The molecule has 1 aliphatic rings. The number of nitrogens with one attached hydrogen (secondary N) is 1. The van der Waals surface area contributed by atoms with Gasteiger partial charge in [-0.3, -0.25) is 9.59 Å². The van der Waals surface area contributed by atoms with Crippen molar-refractivity contribution in [3.8, 4) is 5.75 Å². The maximum absolute atomic E-state index is 12.4. The van der Waals surface area contributed by atoms with Crippen LogP contribution in [0.25, 0.3) is 0 Å². The van der Waals surface area contributed by atoms with Gasteiger partial charge in [-0.1, -0.05) is 6.92 Å². The number of thiophene rings is 1. The number of anilines is 1. The highest BCUT2D eigenvalue weighted by Gasteiger charge is 2.27. The van der Waals surface area contributed by atoms with Gasteiger partial charge in [0.25, 0.3) is 5.91 Å². The van der Waals surface area contributed by atoms with Crippen molar-refractivity contribution in [1.82, 2.24) is 0 Å². The lowest BCUT2D eigenvalue weighted by Crippen LogP contribution is -2.19. The summed E-state index contributed by atoms with van der Waals surface area (Å²) in [7, 11) is -1.98. The van der Waals surface area contributed by atoms with Crippen molar-refractivity contribution in [2.45, 2.75) is 43.9 Å². The molecule has 2 amide bonds. The molecule has 3 rings (SSSR count). The Morgan fingerprint density at radius 2 is 1.97 bits per heavy atom. The van der Waals surface area contributed by atoms with Crippen LogP contribution in [0.3, 0.4) is 0 Å². The Hall–Kier alpha value is -2.39. The highest BCUT2D eigenvalue weighted by molar-refractivity contribution is 7.91. The summed E-state index contributed by atoms with van der Waals surface area (Å²) in [5, 5.41) is 3.25. The largest absolute Gasteiger partial charge is 0.497 e. The number of carbonyl (C=O) groups excluding carboxylic acids is 2. The van der Waals surface area contributed by atoms with Gasteiger partial charge < -0.3 is 15.8 Å². The first-order valence-corrected chi connectivity index (χ1v) is 12.3. The number of amides is 2. The number of rotatable bonds is 8. The summed E-state index contributed by atoms with van der Waals surface area (Å²) >= 11 is 1.40. The van der Waals surface area contributed by atoms with E-state index in [0.717, 1.165) is 29.7 Å². The number of ether oxygens (including phenoxy) is 1. The molecule has 0 unspecified atom stereocenters. The summed E-state index contributed by atoms with van der Waals surface area (Å²) in [6, 6.07) is 6.16. The molecule has 2 aromatic rings. The number of benzene rings is 1. The number of primary amides is 1. The molecule has 1 aliphatic carbocycles. The van der Waals surface area contributed by atoms with E-state index in [9.17, 15) is 18.0 Å². The third-order valence-electron chi connectivity index (χ3n) is 5.25. The normalized spacial score (nSPS) is 16.0. The second-order valence-corrected chi connectivity index (χ2v) is 10.8. The van der Waals surface area contributed by atoms with Gasteiger partial charge >= 0.3 is 0 Å². The SMILES string of the molecule is COc1ccc(S(=O)(=O)CCCC(=O)Nc2sc3c(c2C(N)=O)CC[C@@H](C)C3)cc1. The Kier molecular flexibility index (Phi) is 6.82. The van der Waals surface area contributed by atoms with E-state index in [-0.39, 0.29) is 29.4 Å². The number of nitrogens with two attached hydrogens (primary N) is 1. The number of sulfone groups is 1. The smallest absolute Gasteiger partial charge is 0.251 e. The van der Waals surface area contributed by atoms with Gasteiger partial charge in [0.05, 0.1) is 23.3 Å². The summed E-state index contributed by atoms with van der Waals surface area (Å²) in [6.45, 7) is 2.16. The molecule has 0 radical (unpaired) electrons. The van der Waals surface area contributed by atoms with Gasteiger partial charge in [-0.15, -0.1) is 11.3 Å². The van der Waals surface area contributed by atoms with Crippen LogP contribution in [-0.4, -0.2) is 33.1 Å². The highest BCUT2D eigenvalue weighted by atomic mass is 32.2. The van der Waals surface area contributed by atoms with Gasteiger partial charge in [0.1, 0.15) is 10.8 Å². The zero-order chi connectivity index (χ0) is 21.9. The molecule has 1 heterocycles. The minimum atomic E-state index is -3.49. The zero-order valence-corrected chi connectivity index (χ0v) is 18.7. The van der Waals surface area contributed by atoms with Crippen molar-refractivity contribution < 1.29 is 22.7 Å². The minimum Gasteiger partial charge on any atom is -0.497 e. The van der Waals surface area contributed by atoms with Crippen molar-refractivity contribution in [1.29, 1.82) is 0 Å². The van der Waals surface area contributed by atoms with Gasteiger partial charge in [-0.2, -0.15) is 0 Å². The Labute approximate surface area is 180 Å². The van der Waals surface area contributed by atoms with E-state index in [1.807, 2.05) is 0 Å². The van der Waals surface area contributed by atoms with Crippen LogP contribution in [0.4, 0.5) is 5.00 Å².